The normalized spacial score (nSPS) is 17.4. The van der Waals surface area contributed by atoms with E-state index in [1.165, 1.54) is 23.5 Å². The number of amides is 2. The zero-order valence-corrected chi connectivity index (χ0v) is 17.3. The number of aryl methyl sites for hydroxylation is 1. The van der Waals surface area contributed by atoms with E-state index < -0.39 is 11.9 Å². The lowest BCUT2D eigenvalue weighted by molar-refractivity contribution is -0.138. The van der Waals surface area contributed by atoms with Crippen molar-refractivity contribution in [3.63, 3.8) is 0 Å². The van der Waals surface area contributed by atoms with E-state index in [0.717, 1.165) is 10.7 Å². The largest absolute Gasteiger partial charge is 0.353 e. The summed E-state index contributed by atoms with van der Waals surface area (Å²) in [5.74, 6) is -0.818. The van der Waals surface area contributed by atoms with Gasteiger partial charge < -0.3 is 10.2 Å². The van der Waals surface area contributed by atoms with Crippen LogP contribution in [0.25, 0.3) is 0 Å². The molecule has 1 aliphatic rings. The molecule has 1 aromatic carbocycles. The maximum absolute atomic E-state index is 13.7. The van der Waals surface area contributed by atoms with E-state index in [0.29, 0.717) is 31.7 Å². The summed E-state index contributed by atoms with van der Waals surface area (Å²) in [5, 5.41) is 5.67. The van der Waals surface area contributed by atoms with Gasteiger partial charge in [-0.2, -0.15) is 0 Å². The molecule has 6 nitrogen and oxygen atoms in total. The monoisotopic (exact) mass is 424 g/mol. The lowest BCUT2D eigenvalue weighted by Crippen LogP contribution is -2.56. The summed E-state index contributed by atoms with van der Waals surface area (Å²) in [6.07, 6.45) is 0.0583. The average Bonchev–Trinajstić information content (AvgIpc) is 3.05. The molecular weight excluding hydrogens is 403 g/mol. The van der Waals surface area contributed by atoms with Gasteiger partial charge in [-0.15, -0.1) is 11.3 Å². The van der Waals surface area contributed by atoms with Crippen LogP contribution in [-0.2, 0) is 22.7 Å². The van der Waals surface area contributed by atoms with Gasteiger partial charge >= 0.3 is 0 Å². The summed E-state index contributed by atoms with van der Waals surface area (Å²) in [4.78, 5) is 32.9. The number of carbonyl (C=O) groups excluding carboxylic acids is 2. The molecule has 2 aromatic rings. The molecule has 1 aliphatic heterocycles. The van der Waals surface area contributed by atoms with Crippen molar-refractivity contribution in [2.45, 2.75) is 32.5 Å². The Hall–Kier alpha value is -2.03. The van der Waals surface area contributed by atoms with Gasteiger partial charge in [-0.05, 0) is 24.6 Å². The molecular formula is C19H22ClFN4O2S. The minimum atomic E-state index is -0.597. The summed E-state index contributed by atoms with van der Waals surface area (Å²) >= 11 is 7.25. The average molecular weight is 425 g/mol. The van der Waals surface area contributed by atoms with Crippen LogP contribution in [0, 0.1) is 12.7 Å². The standard InChI is InChI=1S/C19H22ClFN4O2S/c1-12-11-28-17(23-12)10-24(2)18(26)8-16-19(27)22-5-6-25(16)9-13-3-4-14(20)15(21)7-13/h3-4,7,11,16H,5-6,8-10H2,1-2H3,(H,22,27)/t16-/m0/s1. The molecule has 1 fully saturated rings. The SMILES string of the molecule is Cc1csc(CN(C)C(=O)C[C@H]2C(=O)NCCN2Cc2ccc(Cl)c(F)c2)n1. The van der Waals surface area contributed by atoms with Crippen molar-refractivity contribution in [2.75, 3.05) is 20.1 Å². The highest BCUT2D eigenvalue weighted by Gasteiger charge is 2.32. The smallest absolute Gasteiger partial charge is 0.237 e. The van der Waals surface area contributed by atoms with E-state index in [4.69, 9.17) is 11.6 Å². The maximum Gasteiger partial charge on any atom is 0.237 e. The first-order chi connectivity index (χ1) is 13.3. The van der Waals surface area contributed by atoms with Crippen LogP contribution in [-0.4, -0.2) is 52.8 Å². The lowest BCUT2D eigenvalue weighted by Gasteiger charge is -2.35. The molecule has 0 unspecified atom stereocenters. The van der Waals surface area contributed by atoms with E-state index in [1.54, 1.807) is 18.0 Å². The second kappa shape index (κ2) is 8.98. The van der Waals surface area contributed by atoms with Gasteiger partial charge in [-0.3, -0.25) is 14.5 Å². The van der Waals surface area contributed by atoms with Gasteiger partial charge in [0, 0.05) is 37.8 Å². The minimum absolute atomic E-state index is 0.0583. The summed E-state index contributed by atoms with van der Waals surface area (Å²) in [5.41, 5.74) is 1.63. The predicted octanol–water partition coefficient (Wildman–Crippen LogP) is 2.59. The number of halogens is 2. The van der Waals surface area contributed by atoms with Crippen molar-refractivity contribution in [2.24, 2.45) is 0 Å². The van der Waals surface area contributed by atoms with Crippen molar-refractivity contribution < 1.29 is 14.0 Å². The van der Waals surface area contributed by atoms with Gasteiger partial charge in [0.25, 0.3) is 0 Å². The third-order valence-electron chi connectivity index (χ3n) is 4.64. The Bertz CT molecular complexity index is 875. The number of hydrogen-bond acceptors (Lipinski definition) is 5. The van der Waals surface area contributed by atoms with Crippen LogP contribution in [0.4, 0.5) is 4.39 Å². The molecule has 2 amide bonds. The highest BCUT2D eigenvalue weighted by molar-refractivity contribution is 7.09. The van der Waals surface area contributed by atoms with Crippen LogP contribution in [0.15, 0.2) is 23.6 Å². The summed E-state index contributed by atoms with van der Waals surface area (Å²) in [6.45, 7) is 3.77. The highest BCUT2D eigenvalue weighted by atomic mass is 35.5. The molecule has 3 rings (SSSR count). The zero-order valence-electron chi connectivity index (χ0n) is 15.7. The van der Waals surface area contributed by atoms with Crippen molar-refractivity contribution in [1.29, 1.82) is 0 Å². The van der Waals surface area contributed by atoms with Crippen molar-refractivity contribution in [3.05, 3.63) is 50.7 Å². The molecule has 0 spiro atoms. The van der Waals surface area contributed by atoms with E-state index in [2.05, 4.69) is 10.3 Å². The molecule has 0 radical (unpaired) electrons. The Labute approximate surface area is 172 Å². The maximum atomic E-state index is 13.7. The predicted molar refractivity (Wildman–Crippen MR) is 107 cm³/mol. The zero-order chi connectivity index (χ0) is 20.3. The van der Waals surface area contributed by atoms with Crippen LogP contribution < -0.4 is 5.32 Å². The minimum Gasteiger partial charge on any atom is -0.353 e. The fourth-order valence-corrected chi connectivity index (χ4v) is 4.08. The van der Waals surface area contributed by atoms with Gasteiger partial charge in [0.2, 0.25) is 11.8 Å². The van der Waals surface area contributed by atoms with Gasteiger partial charge in [-0.25, -0.2) is 9.37 Å². The first-order valence-electron chi connectivity index (χ1n) is 8.94. The van der Waals surface area contributed by atoms with Crippen molar-refractivity contribution >= 4 is 34.8 Å². The highest BCUT2D eigenvalue weighted by Crippen LogP contribution is 2.20. The van der Waals surface area contributed by atoms with Gasteiger partial charge in [0.1, 0.15) is 10.8 Å². The molecule has 2 heterocycles. The summed E-state index contributed by atoms with van der Waals surface area (Å²) in [6, 6.07) is 4.00. The molecule has 0 saturated carbocycles. The second-order valence-corrected chi connectivity index (χ2v) is 8.21. The Morgan fingerprint density at radius 1 is 1.50 bits per heavy atom. The van der Waals surface area contributed by atoms with Gasteiger partial charge in [-0.1, -0.05) is 17.7 Å². The molecule has 1 atom stereocenters. The second-order valence-electron chi connectivity index (χ2n) is 6.86. The number of aromatic nitrogens is 1. The number of nitrogens with zero attached hydrogens (tertiary/aromatic N) is 3. The fourth-order valence-electron chi connectivity index (χ4n) is 3.13. The fraction of sp³-hybridized carbons (Fsp3) is 0.421. The first-order valence-corrected chi connectivity index (χ1v) is 10.2. The lowest BCUT2D eigenvalue weighted by atomic mass is 10.1. The van der Waals surface area contributed by atoms with Gasteiger partial charge in [0.15, 0.2) is 0 Å². The molecule has 1 N–H and O–H groups in total. The number of rotatable bonds is 6. The summed E-state index contributed by atoms with van der Waals surface area (Å²) in [7, 11) is 1.71. The molecule has 9 heteroatoms. The van der Waals surface area contributed by atoms with Crippen molar-refractivity contribution in [1.82, 2.24) is 20.1 Å². The molecule has 1 aromatic heterocycles. The molecule has 150 valence electrons. The molecule has 28 heavy (non-hydrogen) atoms. The van der Waals surface area contributed by atoms with E-state index in [9.17, 15) is 14.0 Å². The third-order valence-corrected chi connectivity index (χ3v) is 5.90. The number of benzene rings is 1. The van der Waals surface area contributed by atoms with Crippen LogP contribution in [0.3, 0.4) is 0 Å². The van der Waals surface area contributed by atoms with E-state index >= 15 is 0 Å². The Morgan fingerprint density at radius 3 is 2.96 bits per heavy atom. The van der Waals surface area contributed by atoms with E-state index in [-0.39, 0.29) is 23.3 Å². The number of thiazole rings is 1. The van der Waals surface area contributed by atoms with E-state index in [1.807, 2.05) is 17.2 Å². The first kappa shape index (κ1) is 20.7. The van der Waals surface area contributed by atoms with Crippen molar-refractivity contribution in [3.8, 4) is 0 Å². The summed E-state index contributed by atoms with van der Waals surface area (Å²) < 4.78 is 13.7. The van der Waals surface area contributed by atoms with Crippen LogP contribution >= 0.6 is 22.9 Å². The number of carbonyl (C=O) groups is 2. The van der Waals surface area contributed by atoms with Crippen LogP contribution in [0.1, 0.15) is 22.7 Å². The molecule has 0 aliphatic carbocycles. The number of hydrogen-bond donors (Lipinski definition) is 1. The Morgan fingerprint density at radius 2 is 2.29 bits per heavy atom. The quantitative estimate of drug-likeness (QED) is 0.774. The van der Waals surface area contributed by atoms with Gasteiger partial charge in [0.05, 0.1) is 24.0 Å². The number of nitrogens with one attached hydrogen (secondary N) is 1. The van der Waals surface area contributed by atoms with Crippen LogP contribution in [0.5, 0.6) is 0 Å². The Balaban J connectivity index is 1.66. The topological polar surface area (TPSA) is 65.5 Å². The van der Waals surface area contributed by atoms with Crippen LogP contribution in [0.2, 0.25) is 5.02 Å². The Kier molecular flexibility index (Phi) is 6.64. The molecule has 1 saturated heterocycles. The number of piperazine rings is 1. The third kappa shape index (κ3) is 5.06. The molecule has 0 bridgehead atoms.